The van der Waals surface area contributed by atoms with Crippen molar-refractivity contribution in [2.75, 3.05) is 19.6 Å². The van der Waals surface area contributed by atoms with Crippen molar-refractivity contribution in [3.63, 3.8) is 0 Å². The first-order valence-corrected chi connectivity index (χ1v) is 14.3. The molecule has 0 aliphatic carbocycles. The van der Waals surface area contributed by atoms with Crippen LogP contribution >= 0.6 is 0 Å². The number of amides is 1. The molecule has 3 atom stereocenters. The van der Waals surface area contributed by atoms with Crippen LogP contribution in [0.25, 0.3) is 0 Å². The summed E-state index contributed by atoms with van der Waals surface area (Å²) in [5, 5.41) is 3.08. The highest BCUT2D eigenvalue weighted by molar-refractivity contribution is 6.43. The Morgan fingerprint density at radius 2 is 1.24 bits per heavy atom. The average molecular weight is 581 g/mol. The fourth-order valence-electron chi connectivity index (χ4n) is 4.38. The molecule has 10 nitrogen and oxygen atoms in total. The number of ketones is 3. The number of benzene rings is 2. The maximum Gasteiger partial charge on any atom is 0.292 e. The van der Waals surface area contributed by atoms with Gasteiger partial charge < -0.3 is 10.2 Å². The van der Waals surface area contributed by atoms with Gasteiger partial charge in [0.15, 0.2) is 0 Å². The number of Topliss-reactive ketones (excluding diaryl/α,β-unsaturated/α-hetero) is 3. The number of hydroxylamine groups is 2. The predicted molar refractivity (Wildman–Crippen MR) is 159 cm³/mol. The van der Waals surface area contributed by atoms with Gasteiger partial charge in [0.05, 0.1) is 11.2 Å². The molecule has 3 rings (SSSR count). The van der Waals surface area contributed by atoms with E-state index in [4.69, 9.17) is 9.68 Å². The third kappa shape index (κ3) is 10.2. The summed E-state index contributed by atoms with van der Waals surface area (Å²) in [6.07, 6.45) is 0.417. The minimum atomic E-state index is -1.14. The normalized spacial score (nSPS) is 17.4. The summed E-state index contributed by atoms with van der Waals surface area (Å²) >= 11 is 0. The molecule has 228 valence electrons. The lowest BCUT2D eigenvalue weighted by Gasteiger charge is -2.36. The minimum Gasteiger partial charge on any atom is -0.323 e. The zero-order valence-electron chi connectivity index (χ0n) is 25.4. The van der Waals surface area contributed by atoms with Gasteiger partial charge in [0, 0.05) is 19.6 Å². The van der Waals surface area contributed by atoms with Gasteiger partial charge in [-0.3, -0.25) is 28.9 Å². The molecular weight excluding hydrogens is 536 g/mol. The number of rotatable bonds is 13. The average Bonchev–Trinajstić information content (AvgIpc) is 2.96. The third-order valence-electron chi connectivity index (χ3n) is 6.47. The highest BCUT2D eigenvalue weighted by Crippen LogP contribution is 2.15. The Hall–Kier alpha value is -3.28. The van der Waals surface area contributed by atoms with Gasteiger partial charge in [0.1, 0.15) is 18.1 Å². The van der Waals surface area contributed by atoms with E-state index in [0.717, 1.165) is 11.1 Å². The molecule has 0 radical (unpaired) electrons. The van der Waals surface area contributed by atoms with Gasteiger partial charge in [-0.25, -0.2) is 0 Å². The Morgan fingerprint density at radius 3 is 1.69 bits per heavy atom. The summed E-state index contributed by atoms with van der Waals surface area (Å²) in [5.74, 6) is -3.08. The fraction of sp³-hybridized carbons (Fsp3) is 0.500. The van der Waals surface area contributed by atoms with Crippen LogP contribution in [0.1, 0.15) is 52.7 Å². The summed E-state index contributed by atoms with van der Waals surface area (Å²) in [5.41, 5.74) is 6.01. The Morgan fingerprint density at radius 1 is 0.786 bits per heavy atom. The van der Waals surface area contributed by atoms with Crippen molar-refractivity contribution in [1.29, 1.82) is 0 Å². The number of hydrogen-bond donors (Lipinski definition) is 3. The van der Waals surface area contributed by atoms with Crippen molar-refractivity contribution in [3.8, 4) is 0 Å². The number of nitrogens with one attached hydrogen (secondary N) is 3. The molecule has 0 bridgehead atoms. The number of piperazine rings is 1. The lowest BCUT2D eigenvalue weighted by molar-refractivity contribution is -0.156. The van der Waals surface area contributed by atoms with E-state index in [1.54, 1.807) is 0 Å². The molecule has 1 amide bonds. The summed E-state index contributed by atoms with van der Waals surface area (Å²) in [4.78, 5) is 67.1. The van der Waals surface area contributed by atoms with Crippen LogP contribution in [-0.4, -0.2) is 77.1 Å². The molecule has 1 aliphatic rings. The monoisotopic (exact) mass is 580 g/mol. The molecule has 42 heavy (non-hydrogen) atoms. The number of carbonyl (C=O) groups is 4. The van der Waals surface area contributed by atoms with Crippen LogP contribution < -0.4 is 16.3 Å². The van der Waals surface area contributed by atoms with Crippen molar-refractivity contribution >= 4 is 23.3 Å². The standard InChI is InChI=1S/C32H44N4O6/c1-31(2,3)41-34-24(19-22-13-9-7-10-14-22)27(37)29(39)26-21-33-17-18-36(26)30(40)28(38)25(35-42-32(4,5)6)20-23-15-11-8-12-16-23/h7-16,24-26,33-35H,17-21H2,1-6H3/t24-,25-,26?/m0/s1. The minimum absolute atomic E-state index is 0.0526. The van der Waals surface area contributed by atoms with Gasteiger partial charge in [0.25, 0.3) is 5.91 Å². The second-order valence-corrected chi connectivity index (χ2v) is 12.5. The maximum atomic E-state index is 13.7. The summed E-state index contributed by atoms with van der Waals surface area (Å²) in [6.45, 7) is 11.5. The summed E-state index contributed by atoms with van der Waals surface area (Å²) in [7, 11) is 0. The van der Waals surface area contributed by atoms with Crippen molar-refractivity contribution < 1.29 is 28.9 Å². The smallest absolute Gasteiger partial charge is 0.292 e. The maximum absolute atomic E-state index is 13.7. The van der Waals surface area contributed by atoms with Gasteiger partial charge in [-0.05, 0) is 65.5 Å². The zero-order valence-corrected chi connectivity index (χ0v) is 25.4. The SMILES string of the molecule is CC(C)(C)ON[C@@H](Cc1ccccc1)C(=O)C(=O)C1CNCCN1C(=O)C(=O)[C@H](Cc1ccccc1)NOC(C)(C)C. The van der Waals surface area contributed by atoms with Gasteiger partial charge >= 0.3 is 0 Å². The molecule has 3 N–H and O–H groups in total. The van der Waals surface area contributed by atoms with Crippen LogP contribution in [0.2, 0.25) is 0 Å². The van der Waals surface area contributed by atoms with Crippen LogP contribution in [0.3, 0.4) is 0 Å². The Bertz CT molecular complexity index is 1110. The predicted octanol–water partition coefficient (Wildman–Crippen LogP) is 2.36. The fourth-order valence-corrected chi connectivity index (χ4v) is 4.38. The van der Waals surface area contributed by atoms with Gasteiger partial charge in [-0.15, -0.1) is 0 Å². The van der Waals surface area contributed by atoms with Crippen LogP contribution in [-0.2, 0) is 41.7 Å². The van der Waals surface area contributed by atoms with E-state index in [2.05, 4.69) is 16.3 Å². The van der Waals surface area contributed by atoms with Crippen molar-refractivity contribution in [1.82, 2.24) is 21.2 Å². The second-order valence-electron chi connectivity index (χ2n) is 12.5. The number of carbonyl (C=O) groups excluding carboxylic acids is 4. The molecule has 2 aromatic carbocycles. The lowest BCUT2D eigenvalue weighted by atomic mass is 9.95. The van der Waals surface area contributed by atoms with Crippen LogP contribution in [0.4, 0.5) is 0 Å². The molecule has 0 aromatic heterocycles. The lowest BCUT2D eigenvalue weighted by Crippen LogP contribution is -2.62. The van der Waals surface area contributed by atoms with E-state index in [9.17, 15) is 19.2 Å². The third-order valence-corrected chi connectivity index (χ3v) is 6.47. The van der Waals surface area contributed by atoms with E-state index < -0.39 is 52.6 Å². The van der Waals surface area contributed by atoms with Crippen LogP contribution in [0, 0.1) is 0 Å². The van der Waals surface area contributed by atoms with E-state index in [1.807, 2.05) is 102 Å². The first kappa shape index (κ1) is 33.2. The van der Waals surface area contributed by atoms with E-state index in [1.165, 1.54) is 4.90 Å². The topological polar surface area (TPSA) is 126 Å². The zero-order chi connectivity index (χ0) is 30.9. The highest BCUT2D eigenvalue weighted by atomic mass is 16.7. The quantitative estimate of drug-likeness (QED) is 0.242. The van der Waals surface area contributed by atoms with E-state index in [-0.39, 0.29) is 25.9 Å². The van der Waals surface area contributed by atoms with Gasteiger partial charge in [-0.1, -0.05) is 60.7 Å². The van der Waals surface area contributed by atoms with Gasteiger partial charge in [-0.2, -0.15) is 11.0 Å². The van der Waals surface area contributed by atoms with E-state index >= 15 is 0 Å². The molecule has 1 saturated heterocycles. The van der Waals surface area contributed by atoms with Crippen LogP contribution in [0.15, 0.2) is 60.7 Å². The summed E-state index contributed by atoms with van der Waals surface area (Å²) in [6, 6.07) is 15.5. The summed E-state index contributed by atoms with van der Waals surface area (Å²) < 4.78 is 0. The van der Waals surface area contributed by atoms with Crippen molar-refractivity contribution in [3.05, 3.63) is 71.8 Å². The Labute approximate surface area is 248 Å². The second kappa shape index (κ2) is 14.8. The highest BCUT2D eigenvalue weighted by Gasteiger charge is 2.41. The first-order valence-electron chi connectivity index (χ1n) is 14.3. The van der Waals surface area contributed by atoms with Crippen molar-refractivity contribution in [2.24, 2.45) is 0 Å². The largest absolute Gasteiger partial charge is 0.323 e. The molecule has 0 spiro atoms. The molecular formula is C32H44N4O6. The van der Waals surface area contributed by atoms with Crippen molar-refractivity contribution in [2.45, 2.75) is 83.7 Å². The molecule has 0 saturated carbocycles. The molecule has 2 aromatic rings. The molecule has 1 aliphatic heterocycles. The Kier molecular flexibility index (Phi) is 11.7. The molecule has 1 unspecified atom stereocenters. The number of nitrogens with zero attached hydrogens (tertiary/aromatic N) is 1. The Balaban J connectivity index is 1.81. The van der Waals surface area contributed by atoms with Gasteiger partial charge in [0.2, 0.25) is 17.3 Å². The van der Waals surface area contributed by atoms with E-state index in [0.29, 0.717) is 6.54 Å². The number of hydrogen-bond acceptors (Lipinski definition) is 9. The van der Waals surface area contributed by atoms with Crippen LogP contribution in [0.5, 0.6) is 0 Å². The molecule has 10 heteroatoms. The molecule has 1 heterocycles. The molecule has 1 fully saturated rings. The first-order chi connectivity index (χ1) is 19.7.